The SMILES string of the molecule is COc1cccc(F)c1C(=O)N1CC(=O)N(c2ccc(Cl)cc2)C[C@@H]1C. The summed E-state index contributed by atoms with van der Waals surface area (Å²) in [7, 11) is 1.37. The lowest BCUT2D eigenvalue weighted by atomic mass is 10.1. The van der Waals surface area contributed by atoms with Gasteiger partial charge in [-0.3, -0.25) is 9.59 Å². The van der Waals surface area contributed by atoms with Gasteiger partial charge in [0.25, 0.3) is 5.91 Å². The third-order valence-electron chi connectivity index (χ3n) is 4.39. The molecule has 2 amide bonds. The topological polar surface area (TPSA) is 49.9 Å². The van der Waals surface area contributed by atoms with Crippen molar-refractivity contribution < 1.29 is 18.7 Å². The normalized spacial score (nSPS) is 17.4. The predicted octanol–water partition coefficient (Wildman–Crippen LogP) is 3.37. The maximum Gasteiger partial charge on any atom is 0.261 e. The van der Waals surface area contributed by atoms with Crippen LogP contribution < -0.4 is 9.64 Å². The van der Waals surface area contributed by atoms with Crippen LogP contribution in [0.1, 0.15) is 17.3 Å². The standard InChI is InChI=1S/C19H18ClFN2O3/c1-12-10-23(14-8-6-13(20)7-9-14)17(24)11-22(12)19(25)18-15(21)4-3-5-16(18)26-2/h3-9,12H,10-11H2,1-2H3/t12-/m0/s1. The number of anilines is 1. The molecule has 0 saturated carbocycles. The molecule has 0 aliphatic carbocycles. The Morgan fingerprint density at radius 3 is 2.58 bits per heavy atom. The summed E-state index contributed by atoms with van der Waals surface area (Å²) in [6.45, 7) is 1.99. The monoisotopic (exact) mass is 376 g/mol. The molecule has 1 saturated heterocycles. The van der Waals surface area contributed by atoms with Crippen LogP contribution in [0.15, 0.2) is 42.5 Å². The Bertz CT molecular complexity index is 841. The molecular formula is C19H18ClFN2O3. The number of halogens is 2. The van der Waals surface area contributed by atoms with Crippen LogP contribution in [0, 0.1) is 5.82 Å². The number of hydrogen-bond donors (Lipinski definition) is 0. The minimum Gasteiger partial charge on any atom is -0.496 e. The van der Waals surface area contributed by atoms with E-state index in [1.807, 2.05) is 6.92 Å². The fraction of sp³-hybridized carbons (Fsp3) is 0.263. The van der Waals surface area contributed by atoms with Crippen molar-refractivity contribution in [3.05, 3.63) is 58.9 Å². The van der Waals surface area contributed by atoms with E-state index in [-0.39, 0.29) is 29.8 Å². The van der Waals surface area contributed by atoms with Crippen LogP contribution in [0.3, 0.4) is 0 Å². The first kappa shape index (κ1) is 18.2. The van der Waals surface area contributed by atoms with E-state index in [4.69, 9.17) is 16.3 Å². The highest BCUT2D eigenvalue weighted by Gasteiger charge is 2.35. The Hall–Kier alpha value is -2.60. The van der Waals surface area contributed by atoms with E-state index >= 15 is 0 Å². The first-order valence-corrected chi connectivity index (χ1v) is 8.49. The van der Waals surface area contributed by atoms with Crippen LogP contribution in [0.5, 0.6) is 5.75 Å². The summed E-state index contributed by atoms with van der Waals surface area (Å²) in [6.07, 6.45) is 0. The molecule has 1 heterocycles. The molecule has 1 aliphatic heterocycles. The fourth-order valence-corrected chi connectivity index (χ4v) is 3.15. The van der Waals surface area contributed by atoms with E-state index in [1.54, 1.807) is 29.2 Å². The third kappa shape index (κ3) is 3.37. The number of carbonyl (C=O) groups excluding carboxylic acids is 2. The summed E-state index contributed by atoms with van der Waals surface area (Å²) >= 11 is 5.89. The molecule has 2 aromatic carbocycles. The summed E-state index contributed by atoms with van der Waals surface area (Å²) in [5.74, 6) is -1.32. The second-order valence-electron chi connectivity index (χ2n) is 6.08. The predicted molar refractivity (Wildman–Crippen MR) is 97.3 cm³/mol. The first-order valence-electron chi connectivity index (χ1n) is 8.11. The van der Waals surface area contributed by atoms with Crippen molar-refractivity contribution in [1.82, 2.24) is 4.90 Å². The summed E-state index contributed by atoms with van der Waals surface area (Å²) in [5, 5.41) is 0.578. The van der Waals surface area contributed by atoms with Gasteiger partial charge in [0.2, 0.25) is 5.91 Å². The minimum absolute atomic E-state index is 0.139. The Balaban J connectivity index is 1.85. The summed E-state index contributed by atoms with van der Waals surface area (Å²) in [5.41, 5.74) is 0.552. The van der Waals surface area contributed by atoms with Gasteiger partial charge in [0.05, 0.1) is 7.11 Å². The number of carbonyl (C=O) groups is 2. The van der Waals surface area contributed by atoms with E-state index < -0.39 is 11.7 Å². The van der Waals surface area contributed by atoms with Gasteiger partial charge >= 0.3 is 0 Å². The third-order valence-corrected chi connectivity index (χ3v) is 4.65. The molecule has 7 heteroatoms. The van der Waals surface area contributed by atoms with Crippen LogP contribution >= 0.6 is 11.6 Å². The van der Waals surface area contributed by atoms with Crippen molar-refractivity contribution in [2.24, 2.45) is 0 Å². The second kappa shape index (κ2) is 7.33. The highest BCUT2D eigenvalue weighted by Crippen LogP contribution is 2.27. The van der Waals surface area contributed by atoms with Crippen LogP contribution in [-0.4, -0.2) is 43.0 Å². The Kier molecular flexibility index (Phi) is 5.13. The molecule has 3 rings (SSSR count). The van der Waals surface area contributed by atoms with Crippen LogP contribution in [-0.2, 0) is 4.79 Å². The Morgan fingerprint density at radius 1 is 1.23 bits per heavy atom. The van der Waals surface area contributed by atoms with Crippen LogP contribution in [0.4, 0.5) is 10.1 Å². The zero-order chi connectivity index (χ0) is 18.8. The van der Waals surface area contributed by atoms with E-state index in [2.05, 4.69) is 0 Å². The maximum absolute atomic E-state index is 14.2. The van der Waals surface area contributed by atoms with Crippen LogP contribution in [0.25, 0.3) is 0 Å². The van der Waals surface area contributed by atoms with Gasteiger partial charge in [-0.1, -0.05) is 17.7 Å². The van der Waals surface area contributed by atoms with Crippen molar-refractivity contribution in [1.29, 1.82) is 0 Å². The fourth-order valence-electron chi connectivity index (χ4n) is 3.02. The molecule has 26 heavy (non-hydrogen) atoms. The molecule has 0 N–H and O–H groups in total. The number of rotatable bonds is 3. The van der Waals surface area contributed by atoms with E-state index in [0.717, 1.165) is 0 Å². The summed E-state index contributed by atoms with van der Waals surface area (Å²) in [4.78, 5) is 28.4. The zero-order valence-electron chi connectivity index (χ0n) is 14.4. The second-order valence-corrected chi connectivity index (χ2v) is 6.52. The Morgan fingerprint density at radius 2 is 1.92 bits per heavy atom. The molecule has 0 bridgehead atoms. The number of benzene rings is 2. The van der Waals surface area contributed by atoms with Crippen molar-refractivity contribution in [2.75, 3.05) is 25.1 Å². The summed E-state index contributed by atoms with van der Waals surface area (Å²) in [6, 6.07) is 10.8. The van der Waals surface area contributed by atoms with Gasteiger partial charge in [-0.05, 0) is 43.3 Å². The molecule has 1 aliphatic rings. The molecule has 1 fully saturated rings. The number of amides is 2. The highest BCUT2D eigenvalue weighted by molar-refractivity contribution is 6.30. The van der Waals surface area contributed by atoms with Gasteiger partial charge in [-0.2, -0.15) is 0 Å². The molecule has 1 atom stereocenters. The van der Waals surface area contributed by atoms with Gasteiger partial charge < -0.3 is 14.5 Å². The van der Waals surface area contributed by atoms with E-state index in [0.29, 0.717) is 17.3 Å². The first-order chi connectivity index (χ1) is 12.4. The number of hydrogen-bond acceptors (Lipinski definition) is 3. The molecule has 0 radical (unpaired) electrons. The van der Waals surface area contributed by atoms with E-state index in [9.17, 15) is 14.0 Å². The molecule has 0 aromatic heterocycles. The number of ether oxygens (including phenoxy) is 1. The van der Waals surface area contributed by atoms with Crippen molar-refractivity contribution in [2.45, 2.75) is 13.0 Å². The smallest absolute Gasteiger partial charge is 0.261 e. The Labute approximate surface area is 155 Å². The zero-order valence-corrected chi connectivity index (χ0v) is 15.2. The number of methoxy groups -OCH3 is 1. The minimum atomic E-state index is -0.672. The largest absolute Gasteiger partial charge is 0.496 e. The number of nitrogens with zero attached hydrogens (tertiary/aromatic N) is 2. The molecule has 2 aromatic rings. The molecule has 5 nitrogen and oxygen atoms in total. The van der Waals surface area contributed by atoms with Crippen molar-refractivity contribution >= 4 is 29.1 Å². The lowest BCUT2D eigenvalue weighted by Gasteiger charge is -2.39. The van der Waals surface area contributed by atoms with E-state index in [1.165, 1.54) is 30.2 Å². The lowest BCUT2D eigenvalue weighted by molar-refractivity contribution is -0.121. The molecular weight excluding hydrogens is 359 g/mol. The van der Waals surface area contributed by atoms with Crippen molar-refractivity contribution in [3.8, 4) is 5.75 Å². The van der Waals surface area contributed by atoms with Crippen LogP contribution in [0.2, 0.25) is 5.02 Å². The number of piperazine rings is 1. The molecule has 136 valence electrons. The maximum atomic E-state index is 14.2. The summed E-state index contributed by atoms with van der Waals surface area (Å²) < 4.78 is 19.3. The average Bonchev–Trinajstić information content (AvgIpc) is 2.63. The quantitative estimate of drug-likeness (QED) is 0.825. The van der Waals surface area contributed by atoms with Gasteiger partial charge in [0.1, 0.15) is 23.7 Å². The van der Waals surface area contributed by atoms with Gasteiger partial charge in [0.15, 0.2) is 0 Å². The van der Waals surface area contributed by atoms with Gasteiger partial charge in [-0.25, -0.2) is 4.39 Å². The average molecular weight is 377 g/mol. The molecule has 0 unspecified atom stereocenters. The van der Waals surface area contributed by atoms with Gasteiger partial charge in [0, 0.05) is 23.3 Å². The highest BCUT2D eigenvalue weighted by atomic mass is 35.5. The van der Waals surface area contributed by atoms with Crippen molar-refractivity contribution in [3.63, 3.8) is 0 Å². The molecule has 0 spiro atoms. The lowest BCUT2D eigenvalue weighted by Crippen LogP contribution is -2.57. The van der Waals surface area contributed by atoms with Gasteiger partial charge in [-0.15, -0.1) is 0 Å².